The highest BCUT2D eigenvalue weighted by Crippen LogP contribution is 2.50. The molecule has 2 nitrogen and oxygen atoms in total. The molecule has 2 unspecified atom stereocenters. The minimum absolute atomic E-state index is 0.719. The molecule has 3 aliphatic rings. The molecule has 1 fully saturated rings. The average Bonchev–Trinajstić information content (AvgIpc) is 2.72. The van der Waals surface area contributed by atoms with Crippen LogP contribution in [0.25, 0.3) is 17.0 Å². The van der Waals surface area contributed by atoms with Crippen LogP contribution in [0.3, 0.4) is 0 Å². The van der Waals surface area contributed by atoms with Gasteiger partial charge in [-0.1, -0.05) is 55.8 Å². The molecule has 2 atom stereocenters. The number of aromatic nitrogens is 1. The third-order valence-corrected chi connectivity index (χ3v) is 6.95. The smallest absolute Gasteiger partial charge is 0.0734 e. The van der Waals surface area contributed by atoms with Gasteiger partial charge in [-0.05, 0) is 67.4 Å². The number of hydrogen-bond acceptors (Lipinski definition) is 2. The maximum atomic E-state index is 4.66. The number of hydrogen-bond donors (Lipinski definition) is 0. The summed E-state index contributed by atoms with van der Waals surface area (Å²) in [5, 5.41) is 0. The Morgan fingerprint density at radius 1 is 1.24 bits per heavy atom. The molecular weight excluding hydrogens is 352 g/mol. The van der Waals surface area contributed by atoms with Crippen molar-refractivity contribution in [3.63, 3.8) is 0 Å². The summed E-state index contributed by atoms with van der Waals surface area (Å²) in [5.74, 6) is 1.44. The van der Waals surface area contributed by atoms with Crippen LogP contribution in [0.2, 0.25) is 0 Å². The van der Waals surface area contributed by atoms with Gasteiger partial charge in [0.2, 0.25) is 0 Å². The molecule has 0 radical (unpaired) electrons. The Morgan fingerprint density at radius 3 is 2.72 bits per heavy atom. The predicted octanol–water partition coefficient (Wildman–Crippen LogP) is 6.43. The molecule has 0 spiro atoms. The molecule has 0 amide bonds. The molecule has 1 heterocycles. The van der Waals surface area contributed by atoms with Crippen LogP contribution < -0.4 is 0 Å². The number of nitrogens with zero attached hydrogens (tertiary/aromatic N) is 2. The minimum Gasteiger partial charge on any atom is -0.371 e. The molecule has 0 saturated heterocycles. The molecule has 1 saturated carbocycles. The van der Waals surface area contributed by atoms with Gasteiger partial charge in [-0.3, -0.25) is 4.98 Å². The van der Waals surface area contributed by atoms with E-state index in [-0.39, 0.29) is 0 Å². The molecule has 0 aliphatic heterocycles. The zero-order valence-electron chi connectivity index (χ0n) is 18.4. The van der Waals surface area contributed by atoms with E-state index in [2.05, 4.69) is 81.5 Å². The van der Waals surface area contributed by atoms with Crippen LogP contribution in [-0.4, -0.2) is 23.5 Å². The molecule has 29 heavy (non-hydrogen) atoms. The highest BCUT2D eigenvalue weighted by Gasteiger charge is 2.39. The van der Waals surface area contributed by atoms with Crippen molar-refractivity contribution in [1.29, 1.82) is 0 Å². The lowest BCUT2D eigenvalue weighted by atomic mass is 9.61. The minimum atomic E-state index is 0.719. The molecule has 2 heteroatoms. The Morgan fingerprint density at radius 2 is 2.03 bits per heavy atom. The first-order valence-electron chi connectivity index (χ1n) is 10.8. The van der Waals surface area contributed by atoms with Crippen LogP contribution >= 0.6 is 0 Å². The van der Waals surface area contributed by atoms with E-state index in [0.717, 1.165) is 36.2 Å². The SMILES string of the molecule is C=C(c1cc(-c2ncccc2CC)ccc1C)N(C)CC1=CC(C)=C2CC1C2C. The Kier molecular flexibility index (Phi) is 5.21. The van der Waals surface area contributed by atoms with Gasteiger partial charge in [-0.25, -0.2) is 0 Å². The topological polar surface area (TPSA) is 16.1 Å². The molecule has 1 aromatic heterocycles. The van der Waals surface area contributed by atoms with Crippen molar-refractivity contribution in [2.24, 2.45) is 11.8 Å². The summed E-state index contributed by atoms with van der Waals surface area (Å²) in [6.07, 6.45) is 6.54. The van der Waals surface area contributed by atoms with Crippen LogP contribution in [0.4, 0.5) is 0 Å². The summed E-state index contributed by atoms with van der Waals surface area (Å²) < 4.78 is 0. The standard InChI is InChI=1S/C27H32N2/c1-7-21-9-8-12-28-27(21)22-11-10-17(2)25(14-22)20(5)29(6)16-23-13-18(3)24-15-26(23)19(24)4/h8-14,19,26H,5,7,15-16H2,1-4,6H3. The van der Waals surface area contributed by atoms with Gasteiger partial charge in [0.1, 0.15) is 0 Å². The lowest BCUT2D eigenvalue weighted by Crippen LogP contribution is -2.36. The second-order valence-corrected chi connectivity index (χ2v) is 8.72. The quantitative estimate of drug-likeness (QED) is 0.570. The van der Waals surface area contributed by atoms with E-state index < -0.39 is 0 Å². The van der Waals surface area contributed by atoms with Gasteiger partial charge in [0.05, 0.1) is 5.69 Å². The fourth-order valence-corrected chi connectivity index (χ4v) is 4.93. The van der Waals surface area contributed by atoms with E-state index in [1.54, 1.807) is 11.1 Å². The van der Waals surface area contributed by atoms with E-state index in [4.69, 9.17) is 0 Å². The highest BCUT2D eigenvalue weighted by molar-refractivity contribution is 5.73. The number of rotatable bonds is 6. The molecular formula is C27H32N2. The molecule has 1 aromatic carbocycles. The molecule has 5 rings (SSSR count). The van der Waals surface area contributed by atoms with Crippen LogP contribution in [-0.2, 0) is 6.42 Å². The van der Waals surface area contributed by atoms with Gasteiger partial charge >= 0.3 is 0 Å². The number of allylic oxidation sites excluding steroid dienone is 3. The average molecular weight is 385 g/mol. The Balaban J connectivity index is 1.60. The van der Waals surface area contributed by atoms with Crippen LogP contribution in [0.5, 0.6) is 0 Å². The largest absolute Gasteiger partial charge is 0.371 e. The summed E-state index contributed by atoms with van der Waals surface area (Å²) in [6, 6.07) is 10.8. The van der Waals surface area contributed by atoms with Crippen LogP contribution in [0.1, 0.15) is 43.9 Å². The van der Waals surface area contributed by atoms with Crippen molar-refractivity contribution >= 4 is 5.70 Å². The van der Waals surface area contributed by atoms with Crippen molar-refractivity contribution in [2.75, 3.05) is 13.6 Å². The van der Waals surface area contributed by atoms with E-state index in [9.17, 15) is 0 Å². The van der Waals surface area contributed by atoms with Crippen molar-refractivity contribution in [2.45, 2.75) is 40.5 Å². The summed E-state index contributed by atoms with van der Waals surface area (Å²) in [6.45, 7) is 14.4. The van der Waals surface area contributed by atoms with Crippen molar-refractivity contribution in [3.8, 4) is 11.3 Å². The second kappa shape index (κ2) is 7.67. The normalized spacial score (nSPS) is 20.2. The lowest BCUT2D eigenvalue weighted by Gasteiger charge is -2.45. The zero-order valence-corrected chi connectivity index (χ0v) is 18.4. The molecule has 0 N–H and O–H groups in total. The van der Waals surface area contributed by atoms with Gasteiger partial charge < -0.3 is 4.90 Å². The first-order chi connectivity index (χ1) is 13.9. The Labute approximate surface area is 175 Å². The van der Waals surface area contributed by atoms with E-state index >= 15 is 0 Å². The van der Waals surface area contributed by atoms with Crippen molar-refractivity contribution in [1.82, 2.24) is 9.88 Å². The maximum absolute atomic E-state index is 4.66. The first-order valence-corrected chi connectivity index (χ1v) is 10.8. The van der Waals surface area contributed by atoms with Crippen molar-refractivity contribution in [3.05, 3.63) is 82.6 Å². The van der Waals surface area contributed by atoms with E-state index in [1.807, 2.05) is 12.3 Å². The summed E-state index contributed by atoms with van der Waals surface area (Å²) in [7, 11) is 2.17. The monoisotopic (exact) mass is 384 g/mol. The fraction of sp³-hybridized carbons (Fsp3) is 0.370. The van der Waals surface area contributed by atoms with Gasteiger partial charge in [0, 0.05) is 36.6 Å². The highest BCUT2D eigenvalue weighted by atomic mass is 15.1. The van der Waals surface area contributed by atoms with Gasteiger partial charge in [0.15, 0.2) is 0 Å². The molecule has 2 bridgehead atoms. The maximum Gasteiger partial charge on any atom is 0.0734 e. The number of likely N-dealkylation sites (N-methyl/N-ethyl adjacent to an activating group) is 1. The third-order valence-electron chi connectivity index (χ3n) is 6.95. The number of benzene rings is 1. The zero-order chi connectivity index (χ0) is 20.7. The molecule has 2 aromatic rings. The van der Waals surface area contributed by atoms with Gasteiger partial charge in [0.25, 0.3) is 0 Å². The van der Waals surface area contributed by atoms with Gasteiger partial charge in [-0.2, -0.15) is 0 Å². The second-order valence-electron chi connectivity index (χ2n) is 8.72. The predicted molar refractivity (Wildman–Crippen MR) is 124 cm³/mol. The Hall–Kier alpha value is -2.61. The van der Waals surface area contributed by atoms with E-state index in [0.29, 0.717) is 0 Å². The van der Waals surface area contributed by atoms with E-state index in [1.165, 1.54) is 34.2 Å². The molecule has 3 aliphatic carbocycles. The fourth-order valence-electron chi connectivity index (χ4n) is 4.93. The summed E-state index contributed by atoms with van der Waals surface area (Å²) >= 11 is 0. The summed E-state index contributed by atoms with van der Waals surface area (Å²) in [5.41, 5.74) is 11.8. The number of fused-ring (bicyclic) bond motifs is 1. The van der Waals surface area contributed by atoms with Crippen LogP contribution in [0, 0.1) is 18.8 Å². The third kappa shape index (κ3) is 3.46. The summed E-state index contributed by atoms with van der Waals surface area (Å²) in [4.78, 5) is 6.98. The first kappa shape index (κ1) is 19.7. The number of aryl methyl sites for hydroxylation is 2. The lowest BCUT2D eigenvalue weighted by molar-refractivity contribution is 0.314. The Bertz CT molecular complexity index is 1020. The van der Waals surface area contributed by atoms with Crippen LogP contribution in [0.15, 0.2) is 65.9 Å². The van der Waals surface area contributed by atoms with Crippen molar-refractivity contribution < 1.29 is 0 Å². The number of pyridine rings is 1. The molecule has 150 valence electrons. The van der Waals surface area contributed by atoms with Gasteiger partial charge in [-0.15, -0.1) is 0 Å².